The van der Waals surface area contributed by atoms with E-state index in [1.807, 2.05) is 31.2 Å². The van der Waals surface area contributed by atoms with Crippen LogP contribution >= 0.6 is 0 Å². The molecular weight excluding hydrogens is 590 g/mol. The van der Waals surface area contributed by atoms with Crippen molar-refractivity contribution in [2.24, 2.45) is 12.8 Å². The molecule has 0 unspecified atom stereocenters. The van der Waals surface area contributed by atoms with Gasteiger partial charge in [0.15, 0.2) is 11.2 Å². The topological polar surface area (TPSA) is 200 Å². The Morgan fingerprint density at radius 1 is 1.11 bits per heavy atom. The predicted octanol–water partition coefficient (Wildman–Crippen LogP) is 1.82. The Labute approximate surface area is 263 Å². The first-order chi connectivity index (χ1) is 22.0. The molecule has 5 aromatic rings. The van der Waals surface area contributed by atoms with Crippen LogP contribution in [0.3, 0.4) is 0 Å². The quantitative estimate of drug-likeness (QED) is 0.164. The number of aromatic hydroxyl groups is 1. The van der Waals surface area contributed by atoms with Gasteiger partial charge in [-0.05, 0) is 44.9 Å². The average molecular weight is 626 g/mol. The number of para-hydroxylation sites is 1. The molecule has 1 saturated heterocycles. The van der Waals surface area contributed by atoms with Gasteiger partial charge in [0.25, 0.3) is 5.56 Å². The lowest BCUT2D eigenvalue weighted by molar-refractivity contribution is 0.0693. The molecule has 46 heavy (non-hydrogen) atoms. The van der Waals surface area contributed by atoms with Crippen molar-refractivity contribution in [3.63, 3.8) is 0 Å². The number of benzene rings is 2. The number of fused-ring (bicyclic) bond motifs is 2. The van der Waals surface area contributed by atoms with Gasteiger partial charge in [0.05, 0.1) is 18.6 Å². The van der Waals surface area contributed by atoms with Crippen molar-refractivity contribution in [1.29, 1.82) is 0 Å². The van der Waals surface area contributed by atoms with Crippen molar-refractivity contribution in [2.45, 2.75) is 45.8 Å². The number of nitrogens with two attached hydrogens (primary N) is 2. The van der Waals surface area contributed by atoms with Crippen LogP contribution in [0.15, 0.2) is 52.1 Å². The smallest absolute Gasteiger partial charge is 0.339 e. The number of anilines is 2. The van der Waals surface area contributed by atoms with E-state index >= 15 is 0 Å². The Hall–Kier alpha value is -5.68. The molecule has 6 rings (SSSR count). The van der Waals surface area contributed by atoms with Gasteiger partial charge in [-0.2, -0.15) is 4.98 Å². The molecule has 14 nitrogen and oxygen atoms in total. The van der Waals surface area contributed by atoms with Gasteiger partial charge >= 0.3 is 11.7 Å². The molecule has 0 spiro atoms. The Balaban J connectivity index is 0.000000322. The lowest BCUT2D eigenvalue weighted by Crippen LogP contribution is -2.44. The largest absolute Gasteiger partial charge is 0.507 e. The monoisotopic (exact) mass is 625 g/mol. The number of nitrogens with zero attached hydrogens (tertiary/aromatic N) is 7. The number of hydrogen-bond acceptors (Lipinski definition) is 10. The molecule has 1 aliphatic rings. The summed E-state index contributed by atoms with van der Waals surface area (Å²) in [6.45, 7) is 5.31. The zero-order valence-corrected chi connectivity index (χ0v) is 25.8. The van der Waals surface area contributed by atoms with E-state index in [4.69, 9.17) is 26.7 Å². The maximum absolute atomic E-state index is 13.7. The number of carbonyl (C=O) groups is 1. The summed E-state index contributed by atoms with van der Waals surface area (Å²) in [6.07, 6.45) is 1.88. The maximum Gasteiger partial charge on any atom is 0.339 e. The summed E-state index contributed by atoms with van der Waals surface area (Å²) in [5.41, 5.74) is 13.0. The van der Waals surface area contributed by atoms with Crippen LogP contribution in [0.1, 0.15) is 41.6 Å². The Morgan fingerprint density at radius 3 is 2.57 bits per heavy atom. The van der Waals surface area contributed by atoms with E-state index in [0.717, 1.165) is 36.0 Å². The third-order valence-electron chi connectivity index (χ3n) is 7.76. The van der Waals surface area contributed by atoms with Crippen molar-refractivity contribution in [3.05, 3.63) is 80.4 Å². The number of aromatic nitrogens is 6. The molecule has 0 radical (unpaired) electrons. The van der Waals surface area contributed by atoms with E-state index in [-0.39, 0.29) is 30.4 Å². The molecule has 0 aliphatic carbocycles. The minimum absolute atomic E-state index is 0.0306. The molecule has 4 heterocycles. The number of phenols is 1. The molecule has 3 aromatic heterocycles. The Morgan fingerprint density at radius 2 is 1.87 bits per heavy atom. The van der Waals surface area contributed by atoms with Crippen molar-refractivity contribution < 1.29 is 15.0 Å². The van der Waals surface area contributed by atoms with E-state index in [1.54, 1.807) is 18.5 Å². The second-order valence-corrected chi connectivity index (χ2v) is 11.0. The molecular formula is C32H35N9O5. The molecule has 1 aliphatic heterocycles. The molecule has 0 bridgehead atoms. The number of piperidine rings is 1. The number of rotatable bonds is 5. The number of aryl methyl sites for hydroxylation is 2. The number of hydrogen-bond donors (Lipinski definition) is 4. The van der Waals surface area contributed by atoms with Crippen LogP contribution in [0.4, 0.5) is 11.6 Å². The second kappa shape index (κ2) is 13.1. The lowest BCUT2D eigenvalue weighted by atomic mass is 10.1. The lowest BCUT2D eigenvalue weighted by Gasteiger charge is -2.31. The first kappa shape index (κ1) is 31.7. The van der Waals surface area contributed by atoms with Gasteiger partial charge in [-0.1, -0.05) is 24.1 Å². The van der Waals surface area contributed by atoms with Crippen LogP contribution in [-0.4, -0.2) is 64.0 Å². The maximum atomic E-state index is 13.7. The number of carboxylic acid groups (broad SMARTS) is 1. The van der Waals surface area contributed by atoms with Crippen LogP contribution in [-0.2, 0) is 20.1 Å². The van der Waals surface area contributed by atoms with Crippen molar-refractivity contribution in [3.8, 4) is 17.6 Å². The molecule has 0 amide bonds. The fourth-order valence-corrected chi connectivity index (χ4v) is 5.48. The molecule has 6 N–H and O–H groups in total. The van der Waals surface area contributed by atoms with E-state index in [9.17, 15) is 14.4 Å². The van der Waals surface area contributed by atoms with Gasteiger partial charge in [0.1, 0.15) is 17.1 Å². The Bertz CT molecular complexity index is 2140. The van der Waals surface area contributed by atoms with Crippen LogP contribution in [0.25, 0.3) is 22.1 Å². The van der Waals surface area contributed by atoms with Gasteiger partial charge in [0, 0.05) is 49.0 Å². The highest BCUT2D eigenvalue weighted by atomic mass is 16.4. The first-order valence-electron chi connectivity index (χ1n) is 14.6. The molecule has 14 heteroatoms. The van der Waals surface area contributed by atoms with E-state index < -0.39 is 17.2 Å². The minimum atomic E-state index is -1.16. The number of aromatic carboxylic acids is 1. The third kappa shape index (κ3) is 6.26. The zero-order chi connectivity index (χ0) is 33.1. The van der Waals surface area contributed by atoms with E-state index in [2.05, 4.69) is 26.7 Å². The summed E-state index contributed by atoms with van der Waals surface area (Å²) in [5.74, 6) is 5.48. The van der Waals surface area contributed by atoms with Crippen molar-refractivity contribution >= 4 is 39.7 Å². The molecule has 0 saturated carbocycles. The minimum Gasteiger partial charge on any atom is -0.507 e. The first-order valence-corrected chi connectivity index (χ1v) is 14.6. The SMILES string of the molecule is CC#CCn1c(N2CCC[C@@H](N)C2)nc2c1c(=O)n(Cc1nc(C)c3ccccc3n1)c(=O)n2C.Nc1ccc(C(=O)O)c(O)c1. The number of carboxylic acids is 1. The predicted molar refractivity (Wildman–Crippen MR) is 175 cm³/mol. The van der Waals surface area contributed by atoms with Crippen LogP contribution in [0.5, 0.6) is 5.75 Å². The Kier molecular flexibility index (Phi) is 9.06. The van der Waals surface area contributed by atoms with Crippen LogP contribution in [0, 0.1) is 18.8 Å². The molecule has 1 fully saturated rings. The van der Waals surface area contributed by atoms with Gasteiger partial charge < -0.3 is 26.6 Å². The van der Waals surface area contributed by atoms with Crippen molar-refractivity contribution in [1.82, 2.24) is 28.7 Å². The molecule has 1 atom stereocenters. The van der Waals surface area contributed by atoms with Crippen LogP contribution in [0.2, 0.25) is 0 Å². The van der Waals surface area contributed by atoms with Gasteiger partial charge in [-0.25, -0.2) is 19.6 Å². The van der Waals surface area contributed by atoms with Gasteiger partial charge in [-0.15, -0.1) is 5.92 Å². The molecule has 238 valence electrons. The van der Waals surface area contributed by atoms with Crippen molar-refractivity contribution in [2.75, 3.05) is 23.7 Å². The molecule has 2 aromatic carbocycles. The highest BCUT2D eigenvalue weighted by Crippen LogP contribution is 2.23. The van der Waals surface area contributed by atoms with E-state index in [0.29, 0.717) is 35.2 Å². The summed E-state index contributed by atoms with van der Waals surface area (Å²) < 4.78 is 4.39. The highest BCUT2D eigenvalue weighted by molar-refractivity contribution is 5.91. The third-order valence-corrected chi connectivity index (χ3v) is 7.76. The summed E-state index contributed by atoms with van der Waals surface area (Å²) in [7, 11) is 1.63. The normalized spacial score (nSPS) is 14.4. The average Bonchev–Trinajstić information content (AvgIpc) is 3.41. The fraction of sp³-hybridized carbons (Fsp3) is 0.312. The standard InChI is InChI=1S/C25H28N8O2.C7H7NO3/c1-4-5-13-32-21-22(29-24(32)31-12-8-9-17(26)14-31)30(3)25(35)33(23(21)34)15-20-27-16(2)18-10-6-7-11-19(18)28-20;8-4-1-2-5(7(10)11)6(9)3-4/h6-7,10-11,17H,8-9,12-15,26H2,1-3H3;1-3,9H,8H2,(H,10,11)/t17-;/m1./s1. The summed E-state index contributed by atoms with van der Waals surface area (Å²) in [4.78, 5) is 53.3. The van der Waals surface area contributed by atoms with Gasteiger partial charge in [0.2, 0.25) is 5.95 Å². The highest BCUT2D eigenvalue weighted by Gasteiger charge is 2.26. The van der Waals surface area contributed by atoms with Gasteiger partial charge in [-0.3, -0.25) is 18.5 Å². The number of nitrogen functional groups attached to an aromatic ring is 1. The number of imidazole rings is 1. The summed E-state index contributed by atoms with van der Waals surface area (Å²) in [6, 6.07) is 11.6. The fourth-order valence-electron chi connectivity index (χ4n) is 5.48. The zero-order valence-electron chi connectivity index (χ0n) is 25.8. The second-order valence-electron chi connectivity index (χ2n) is 11.0. The summed E-state index contributed by atoms with van der Waals surface area (Å²) in [5, 5.41) is 18.4. The summed E-state index contributed by atoms with van der Waals surface area (Å²) >= 11 is 0. The van der Waals surface area contributed by atoms with Crippen LogP contribution < -0.4 is 27.6 Å². The van der Waals surface area contributed by atoms with E-state index in [1.165, 1.54) is 27.3 Å².